The van der Waals surface area contributed by atoms with Gasteiger partial charge in [0.1, 0.15) is 6.04 Å². The number of hydrogen-bond acceptors (Lipinski definition) is 4. The van der Waals surface area contributed by atoms with Gasteiger partial charge in [-0.15, -0.1) is 15.3 Å². The Morgan fingerprint density at radius 1 is 1.13 bits per heavy atom. The minimum Gasteiger partial charge on any atom is -0.352 e. The largest absolute Gasteiger partial charge is 0.352 e. The predicted octanol–water partition coefficient (Wildman–Crippen LogP) is 4.11. The molecule has 30 heavy (non-hydrogen) atoms. The molecule has 152 valence electrons. The molecule has 4 heterocycles. The Hall–Kier alpha value is -3.33. The number of aromatic nitrogens is 5. The highest BCUT2D eigenvalue weighted by atomic mass is 35.5. The van der Waals surface area contributed by atoms with E-state index in [0.717, 1.165) is 15.8 Å². The first kappa shape index (κ1) is 18.7. The molecular weight excluding hydrogens is 414 g/mol. The highest BCUT2D eigenvalue weighted by molar-refractivity contribution is 6.30. The summed E-state index contributed by atoms with van der Waals surface area (Å²) in [6.45, 7) is 1.72. The van der Waals surface area contributed by atoms with Crippen LogP contribution in [-0.2, 0) is 7.05 Å². The topological polar surface area (TPSA) is 68.3 Å². The fraction of sp³-hybridized carbons (Fsp3) is 0.200. The monoisotopic (exact) mass is 428 g/mol. The van der Waals surface area contributed by atoms with Crippen molar-refractivity contribution in [2.75, 3.05) is 4.90 Å². The van der Waals surface area contributed by atoms with E-state index in [1.54, 1.807) is 31.2 Å². The van der Waals surface area contributed by atoms with Crippen molar-refractivity contribution in [3.05, 3.63) is 75.8 Å². The van der Waals surface area contributed by atoms with Crippen LogP contribution in [-0.4, -0.2) is 30.3 Å². The summed E-state index contributed by atoms with van der Waals surface area (Å²) < 4.78 is 29.7. The van der Waals surface area contributed by atoms with Gasteiger partial charge in [-0.1, -0.05) is 23.7 Å². The number of fused-ring (bicyclic) bond motifs is 2. The third-order valence-electron chi connectivity index (χ3n) is 5.28. The first-order chi connectivity index (χ1) is 14.4. The van der Waals surface area contributed by atoms with Crippen LogP contribution in [0.1, 0.15) is 45.5 Å². The third kappa shape index (κ3) is 2.62. The molecule has 4 aromatic rings. The van der Waals surface area contributed by atoms with E-state index in [0.29, 0.717) is 16.1 Å². The molecule has 0 spiro atoms. The molecule has 1 amide bonds. The average Bonchev–Trinajstić information content (AvgIpc) is 3.37. The second kappa shape index (κ2) is 6.60. The zero-order valence-electron chi connectivity index (χ0n) is 15.9. The molecule has 0 saturated carbocycles. The van der Waals surface area contributed by atoms with Crippen LogP contribution in [0.2, 0.25) is 5.02 Å². The molecule has 0 radical (unpaired) electrons. The van der Waals surface area contributed by atoms with Crippen molar-refractivity contribution in [2.24, 2.45) is 7.05 Å². The number of amides is 1. The van der Waals surface area contributed by atoms with Gasteiger partial charge in [0.2, 0.25) is 5.82 Å². The number of benzene rings is 1. The smallest absolute Gasteiger partial charge is 0.299 e. The number of anilines is 1. The average molecular weight is 429 g/mol. The van der Waals surface area contributed by atoms with Crippen LogP contribution in [0.4, 0.5) is 14.6 Å². The Kier molecular flexibility index (Phi) is 4.11. The molecule has 3 aromatic heterocycles. The van der Waals surface area contributed by atoms with Crippen LogP contribution >= 0.6 is 11.6 Å². The lowest BCUT2D eigenvalue weighted by Crippen LogP contribution is -2.31. The summed E-state index contributed by atoms with van der Waals surface area (Å²) >= 11 is 6.05. The first-order valence-electron chi connectivity index (χ1n) is 9.12. The standard InChI is InChI=1S/C20H15ClF2N6O/c1-10-9-14(26-29-18(10)24-25-19(29)17(22)23)28-15(11-3-5-12(21)6-4-11)16-13(20(28)30)7-8-27(16)2/h3-9,15,17H,1-2H3. The first-order valence-corrected chi connectivity index (χ1v) is 9.50. The lowest BCUT2D eigenvalue weighted by Gasteiger charge is -2.26. The molecular formula is C20H15ClF2N6O. The van der Waals surface area contributed by atoms with Gasteiger partial charge >= 0.3 is 0 Å². The number of aryl methyl sites for hydroxylation is 2. The lowest BCUT2D eigenvalue weighted by molar-refractivity contribution is 0.0992. The Balaban J connectivity index is 1.73. The molecule has 0 saturated heterocycles. The van der Waals surface area contributed by atoms with Crippen molar-refractivity contribution >= 4 is 29.0 Å². The van der Waals surface area contributed by atoms with E-state index in [-0.39, 0.29) is 17.4 Å². The fourth-order valence-electron chi connectivity index (χ4n) is 3.90. The Bertz CT molecular complexity index is 1300. The van der Waals surface area contributed by atoms with Gasteiger partial charge in [0.15, 0.2) is 11.5 Å². The van der Waals surface area contributed by atoms with Crippen LogP contribution in [0.15, 0.2) is 42.6 Å². The van der Waals surface area contributed by atoms with E-state index >= 15 is 0 Å². The zero-order valence-corrected chi connectivity index (χ0v) is 16.7. The minimum absolute atomic E-state index is 0.223. The predicted molar refractivity (Wildman–Crippen MR) is 106 cm³/mol. The molecule has 1 aliphatic rings. The number of hydrogen-bond donors (Lipinski definition) is 0. The highest BCUT2D eigenvalue weighted by Gasteiger charge is 2.42. The number of alkyl halides is 2. The number of carbonyl (C=O) groups is 1. The van der Waals surface area contributed by atoms with Gasteiger partial charge in [0.05, 0.1) is 11.3 Å². The highest BCUT2D eigenvalue weighted by Crippen LogP contribution is 2.41. The fourth-order valence-corrected chi connectivity index (χ4v) is 4.03. The second-order valence-corrected chi connectivity index (χ2v) is 7.57. The van der Waals surface area contributed by atoms with E-state index in [4.69, 9.17) is 11.6 Å². The van der Waals surface area contributed by atoms with Gasteiger partial charge in [0, 0.05) is 18.3 Å². The zero-order chi connectivity index (χ0) is 21.2. The number of halogens is 3. The van der Waals surface area contributed by atoms with Crippen LogP contribution in [0.25, 0.3) is 5.65 Å². The number of rotatable bonds is 3. The summed E-state index contributed by atoms with van der Waals surface area (Å²) in [7, 11) is 1.86. The maximum absolute atomic E-state index is 13.4. The van der Waals surface area contributed by atoms with Crippen molar-refractivity contribution in [1.82, 2.24) is 24.4 Å². The SMILES string of the molecule is Cc1cc(N2C(=O)c3ccn(C)c3C2c2ccc(Cl)cc2)nn2c(C(F)F)nnc12. The van der Waals surface area contributed by atoms with Crippen LogP contribution in [0.3, 0.4) is 0 Å². The van der Waals surface area contributed by atoms with Crippen molar-refractivity contribution in [1.29, 1.82) is 0 Å². The maximum atomic E-state index is 13.4. The van der Waals surface area contributed by atoms with Gasteiger partial charge in [0.25, 0.3) is 12.3 Å². The summed E-state index contributed by atoms with van der Waals surface area (Å²) in [4.78, 5) is 14.8. The van der Waals surface area contributed by atoms with E-state index in [2.05, 4.69) is 15.3 Å². The van der Waals surface area contributed by atoms with Gasteiger partial charge in [-0.2, -0.15) is 4.52 Å². The van der Waals surface area contributed by atoms with Crippen molar-refractivity contribution in [2.45, 2.75) is 19.4 Å². The molecule has 0 fully saturated rings. The Morgan fingerprint density at radius 3 is 2.57 bits per heavy atom. The van der Waals surface area contributed by atoms with Crippen molar-refractivity contribution in [3.63, 3.8) is 0 Å². The molecule has 0 bridgehead atoms. The van der Waals surface area contributed by atoms with Crippen molar-refractivity contribution < 1.29 is 13.6 Å². The summed E-state index contributed by atoms with van der Waals surface area (Å²) in [6.07, 6.45) is -1.03. The number of nitrogens with zero attached hydrogens (tertiary/aromatic N) is 6. The normalized spacial score (nSPS) is 16.1. The quantitative estimate of drug-likeness (QED) is 0.492. The molecule has 1 atom stereocenters. The summed E-state index contributed by atoms with van der Waals surface area (Å²) in [5.41, 5.74) is 2.96. The summed E-state index contributed by atoms with van der Waals surface area (Å²) in [5.74, 6) is -0.589. The molecule has 1 unspecified atom stereocenters. The van der Waals surface area contributed by atoms with Crippen LogP contribution in [0, 0.1) is 6.92 Å². The molecule has 0 N–H and O–H groups in total. The van der Waals surface area contributed by atoms with E-state index < -0.39 is 18.3 Å². The molecule has 7 nitrogen and oxygen atoms in total. The summed E-state index contributed by atoms with van der Waals surface area (Å²) in [5, 5.41) is 12.2. The van der Waals surface area contributed by atoms with Gasteiger partial charge in [-0.3, -0.25) is 9.69 Å². The lowest BCUT2D eigenvalue weighted by atomic mass is 10.0. The minimum atomic E-state index is -2.85. The third-order valence-corrected chi connectivity index (χ3v) is 5.53. The molecule has 1 aliphatic heterocycles. The van der Waals surface area contributed by atoms with Gasteiger partial charge < -0.3 is 4.57 Å². The maximum Gasteiger partial charge on any atom is 0.299 e. The summed E-state index contributed by atoms with van der Waals surface area (Å²) in [6, 6.07) is 10.1. The molecule has 5 rings (SSSR count). The van der Waals surface area contributed by atoms with Gasteiger partial charge in [-0.25, -0.2) is 8.78 Å². The van der Waals surface area contributed by atoms with Crippen molar-refractivity contribution in [3.8, 4) is 0 Å². The van der Waals surface area contributed by atoms with E-state index in [1.807, 2.05) is 29.9 Å². The Morgan fingerprint density at radius 2 is 1.87 bits per heavy atom. The van der Waals surface area contributed by atoms with E-state index in [9.17, 15) is 13.6 Å². The van der Waals surface area contributed by atoms with Crippen LogP contribution in [0.5, 0.6) is 0 Å². The Labute approximate surface area is 174 Å². The molecule has 10 heteroatoms. The second-order valence-electron chi connectivity index (χ2n) is 7.13. The molecule has 1 aromatic carbocycles. The van der Waals surface area contributed by atoms with Crippen LogP contribution < -0.4 is 4.90 Å². The van der Waals surface area contributed by atoms with Gasteiger partial charge in [-0.05, 0) is 42.3 Å². The number of carbonyl (C=O) groups excluding carboxylic acids is 1. The van der Waals surface area contributed by atoms with E-state index in [1.165, 1.54) is 4.90 Å². The molecule has 0 aliphatic carbocycles.